The van der Waals surface area contributed by atoms with Crippen LogP contribution in [0.5, 0.6) is 5.75 Å². The van der Waals surface area contributed by atoms with Crippen LogP contribution in [0.4, 0.5) is 10.5 Å². The second-order valence-corrected chi connectivity index (χ2v) is 7.84. The van der Waals surface area contributed by atoms with Crippen LogP contribution in [0.2, 0.25) is 0 Å². The number of aliphatic carboxylic acids is 1. The van der Waals surface area contributed by atoms with Gasteiger partial charge in [-0.15, -0.1) is 0 Å². The molecule has 0 saturated carbocycles. The largest absolute Gasteiger partial charge is 0.505 e. The van der Waals surface area contributed by atoms with Gasteiger partial charge in [-0.2, -0.15) is 0 Å². The summed E-state index contributed by atoms with van der Waals surface area (Å²) in [5.41, 5.74) is 3.27. The Morgan fingerprint density at radius 3 is 2.55 bits per heavy atom. The highest BCUT2D eigenvalue weighted by atomic mass is 16.4. The highest BCUT2D eigenvalue weighted by Crippen LogP contribution is 2.28. The van der Waals surface area contributed by atoms with Crippen LogP contribution in [0.25, 0.3) is 11.1 Å². The minimum absolute atomic E-state index is 0.269. The zero-order valence-electron chi connectivity index (χ0n) is 18.8. The molecule has 0 saturated heterocycles. The first-order chi connectivity index (χ1) is 15.7. The van der Waals surface area contributed by atoms with Gasteiger partial charge in [0, 0.05) is 18.8 Å². The molecule has 0 aliphatic heterocycles. The number of amides is 2. The van der Waals surface area contributed by atoms with Crippen molar-refractivity contribution < 1.29 is 19.8 Å². The van der Waals surface area contributed by atoms with E-state index in [-0.39, 0.29) is 17.9 Å². The van der Waals surface area contributed by atoms with Crippen molar-refractivity contribution in [2.45, 2.75) is 32.7 Å². The maximum Gasteiger partial charge on any atom is 0.319 e. The predicted molar refractivity (Wildman–Crippen MR) is 126 cm³/mol. The lowest BCUT2D eigenvalue weighted by Gasteiger charge is -2.20. The van der Waals surface area contributed by atoms with Gasteiger partial charge in [-0.05, 0) is 41.7 Å². The topological polar surface area (TPSA) is 121 Å². The fourth-order valence-electron chi connectivity index (χ4n) is 3.77. The van der Waals surface area contributed by atoms with Crippen molar-refractivity contribution in [3.8, 4) is 16.9 Å². The molecule has 1 atom stereocenters. The fraction of sp³-hybridized carbons (Fsp3) is 0.240. The summed E-state index contributed by atoms with van der Waals surface area (Å²) in [5.74, 6) is -1.42. The number of carboxylic acid groups (broad SMARTS) is 1. The molecule has 0 aliphatic carbocycles. The van der Waals surface area contributed by atoms with Gasteiger partial charge in [0.25, 0.3) is 5.56 Å². The summed E-state index contributed by atoms with van der Waals surface area (Å²) in [6.45, 7) is 3.66. The summed E-state index contributed by atoms with van der Waals surface area (Å²) in [4.78, 5) is 36.5. The maximum atomic E-state index is 12.7. The molecule has 0 fully saturated rings. The van der Waals surface area contributed by atoms with E-state index >= 15 is 0 Å². The number of aryl methyl sites for hydroxylation is 3. The number of carbonyl (C=O) groups excluding carboxylic acids is 1. The lowest BCUT2D eigenvalue weighted by atomic mass is 9.94. The van der Waals surface area contributed by atoms with Gasteiger partial charge in [0.2, 0.25) is 0 Å². The van der Waals surface area contributed by atoms with Crippen LogP contribution < -0.4 is 16.2 Å². The number of carboxylic acids is 1. The Kier molecular flexibility index (Phi) is 7.17. The van der Waals surface area contributed by atoms with E-state index in [1.165, 1.54) is 17.8 Å². The second-order valence-electron chi connectivity index (χ2n) is 7.84. The number of nitrogens with zero attached hydrogens (tertiary/aromatic N) is 1. The number of nitrogens with one attached hydrogen (secondary N) is 2. The smallest absolute Gasteiger partial charge is 0.319 e. The van der Waals surface area contributed by atoms with Gasteiger partial charge in [-0.3, -0.25) is 9.59 Å². The third-order valence-electron chi connectivity index (χ3n) is 5.45. The molecule has 8 heteroatoms. The molecule has 1 heterocycles. The van der Waals surface area contributed by atoms with Crippen molar-refractivity contribution in [2.75, 3.05) is 5.32 Å². The molecule has 0 bridgehead atoms. The maximum absolute atomic E-state index is 12.7. The molecule has 172 valence electrons. The van der Waals surface area contributed by atoms with Crippen LogP contribution in [0.15, 0.2) is 59.5 Å². The molecule has 2 aromatic carbocycles. The summed E-state index contributed by atoms with van der Waals surface area (Å²) in [5, 5.41) is 24.6. The van der Waals surface area contributed by atoms with Gasteiger partial charge in [0.15, 0.2) is 5.69 Å². The van der Waals surface area contributed by atoms with Crippen molar-refractivity contribution in [3.05, 3.63) is 81.8 Å². The van der Waals surface area contributed by atoms with Gasteiger partial charge in [0.1, 0.15) is 5.75 Å². The van der Waals surface area contributed by atoms with E-state index in [1.807, 2.05) is 42.5 Å². The molecule has 8 nitrogen and oxygen atoms in total. The zero-order chi connectivity index (χ0) is 24.1. The monoisotopic (exact) mass is 449 g/mol. The van der Waals surface area contributed by atoms with E-state index in [0.717, 1.165) is 23.1 Å². The molecule has 3 rings (SSSR count). The van der Waals surface area contributed by atoms with Crippen LogP contribution in [-0.4, -0.2) is 26.8 Å². The van der Waals surface area contributed by atoms with Crippen molar-refractivity contribution in [1.82, 2.24) is 9.88 Å². The number of benzene rings is 2. The number of hydrogen-bond donors (Lipinski definition) is 4. The predicted octanol–water partition coefficient (Wildman–Crippen LogP) is 3.97. The van der Waals surface area contributed by atoms with E-state index in [0.29, 0.717) is 11.1 Å². The van der Waals surface area contributed by atoms with Crippen LogP contribution in [0.1, 0.15) is 36.1 Å². The summed E-state index contributed by atoms with van der Waals surface area (Å²) in [7, 11) is 1.50. The number of carbonyl (C=O) groups is 2. The highest BCUT2D eigenvalue weighted by Gasteiger charge is 2.21. The quantitative estimate of drug-likeness (QED) is 0.435. The number of urea groups is 1. The number of rotatable bonds is 7. The Morgan fingerprint density at radius 2 is 1.85 bits per heavy atom. The minimum Gasteiger partial charge on any atom is -0.505 e. The van der Waals surface area contributed by atoms with Gasteiger partial charge in [0.05, 0.1) is 12.5 Å². The minimum atomic E-state index is -1.09. The Hall–Kier alpha value is -4.07. The van der Waals surface area contributed by atoms with Gasteiger partial charge >= 0.3 is 12.0 Å². The summed E-state index contributed by atoms with van der Waals surface area (Å²) in [6, 6.07) is 13.6. The van der Waals surface area contributed by atoms with E-state index in [1.54, 1.807) is 13.0 Å². The lowest BCUT2D eigenvalue weighted by molar-refractivity contribution is -0.137. The van der Waals surface area contributed by atoms with E-state index < -0.39 is 23.6 Å². The van der Waals surface area contributed by atoms with Gasteiger partial charge in [-0.1, -0.05) is 49.4 Å². The number of pyridine rings is 1. The van der Waals surface area contributed by atoms with Crippen LogP contribution in [-0.2, 0) is 18.3 Å². The van der Waals surface area contributed by atoms with Crippen LogP contribution in [0, 0.1) is 6.92 Å². The number of anilines is 1. The van der Waals surface area contributed by atoms with Crippen molar-refractivity contribution in [1.29, 1.82) is 0 Å². The Bertz CT molecular complexity index is 1250. The summed E-state index contributed by atoms with van der Waals surface area (Å²) < 4.78 is 1.24. The molecule has 0 spiro atoms. The van der Waals surface area contributed by atoms with E-state index in [2.05, 4.69) is 17.6 Å². The normalized spacial score (nSPS) is 11.6. The molecule has 2 amide bonds. The Morgan fingerprint density at radius 1 is 1.12 bits per heavy atom. The van der Waals surface area contributed by atoms with E-state index in [4.69, 9.17) is 0 Å². The first-order valence-electron chi connectivity index (χ1n) is 10.6. The van der Waals surface area contributed by atoms with Gasteiger partial charge < -0.3 is 25.4 Å². The number of aromatic nitrogens is 1. The zero-order valence-corrected chi connectivity index (χ0v) is 18.8. The standard InChI is InChI=1S/C25H27N3O5/c1-4-16-8-5-6-11-19(16)17-9-7-10-18(12-17)20(13-21(29)30)26-25(33)27-22-23(31)15(2)14-28(3)24(22)32/h5-12,14,20,31H,4,13H2,1-3H3,(H,29,30)(H2,26,27,33)/t20-/m0/s1. The molecule has 33 heavy (non-hydrogen) atoms. The van der Waals surface area contributed by atoms with Crippen molar-refractivity contribution >= 4 is 17.7 Å². The lowest BCUT2D eigenvalue weighted by Crippen LogP contribution is -2.36. The Labute approximate surface area is 191 Å². The average Bonchev–Trinajstić information content (AvgIpc) is 2.80. The molecule has 0 unspecified atom stereocenters. The Balaban J connectivity index is 1.91. The first kappa shape index (κ1) is 23.6. The van der Waals surface area contributed by atoms with Gasteiger partial charge in [-0.25, -0.2) is 4.79 Å². The van der Waals surface area contributed by atoms with Crippen LogP contribution >= 0.6 is 0 Å². The molecule has 3 aromatic rings. The molecular weight excluding hydrogens is 422 g/mol. The van der Waals surface area contributed by atoms with Crippen LogP contribution in [0.3, 0.4) is 0 Å². The molecule has 4 N–H and O–H groups in total. The average molecular weight is 450 g/mol. The third-order valence-corrected chi connectivity index (χ3v) is 5.45. The van der Waals surface area contributed by atoms with Crippen molar-refractivity contribution in [3.63, 3.8) is 0 Å². The first-order valence-corrected chi connectivity index (χ1v) is 10.6. The fourth-order valence-corrected chi connectivity index (χ4v) is 3.77. The molecule has 0 aliphatic rings. The third kappa shape index (κ3) is 5.41. The SMILES string of the molecule is CCc1ccccc1-c1cccc([C@H](CC(=O)O)NC(=O)Nc2c(O)c(C)cn(C)c2=O)c1. The molecular formula is C25H27N3O5. The molecule has 0 radical (unpaired) electrons. The number of aromatic hydroxyl groups is 1. The summed E-state index contributed by atoms with van der Waals surface area (Å²) in [6.07, 6.45) is 1.94. The number of hydrogen-bond acceptors (Lipinski definition) is 4. The van der Waals surface area contributed by atoms with Crippen molar-refractivity contribution in [2.24, 2.45) is 7.05 Å². The highest BCUT2D eigenvalue weighted by molar-refractivity contribution is 5.91. The molecule has 1 aromatic heterocycles. The van der Waals surface area contributed by atoms with E-state index in [9.17, 15) is 24.6 Å². The second kappa shape index (κ2) is 10.0. The summed E-state index contributed by atoms with van der Waals surface area (Å²) >= 11 is 0.